The standard InChI is InChI=1S/C47H28N4O/c1-2-12-30(13-3-1)45-48-46(50-47(49-45)34-22-24-43-38(27-34)37-19-8-9-20-42(37)52-43)33-16-10-17-35(25-33)51-40-23-21-29-11-6-7-18-36(29)44(40)39-26-31-14-4-5-15-32(31)28-41(39)51/h1-28H. The lowest BCUT2D eigenvalue weighted by atomic mass is 10.0. The van der Waals surface area contributed by atoms with Crippen LogP contribution >= 0.6 is 0 Å². The van der Waals surface area contributed by atoms with E-state index in [4.69, 9.17) is 19.4 Å². The van der Waals surface area contributed by atoms with E-state index in [9.17, 15) is 0 Å². The molecule has 242 valence electrons. The molecule has 5 heteroatoms. The van der Waals surface area contributed by atoms with E-state index in [1.165, 1.54) is 32.3 Å². The van der Waals surface area contributed by atoms with Gasteiger partial charge in [0.2, 0.25) is 0 Å². The van der Waals surface area contributed by atoms with Crippen molar-refractivity contribution in [2.45, 2.75) is 0 Å². The van der Waals surface area contributed by atoms with Crippen molar-refractivity contribution >= 4 is 65.3 Å². The second-order valence-electron chi connectivity index (χ2n) is 13.3. The van der Waals surface area contributed by atoms with Crippen molar-refractivity contribution in [3.63, 3.8) is 0 Å². The topological polar surface area (TPSA) is 56.7 Å². The smallest absolute Gasteiger partial charge is 0.164 e. The van der Waals surface area contributed by atoms with Crippen molar-refractivity contribution in [2.24, 2.45) is 0 Å². The Morgan fingerprint density at radius 3 is 1.83 bits per heavy atom. The molecule has 0 bridgehead atoms. The van der Waals surface area contributed by atoms with Crippen LogP contribution in [0.4, 0.5) is 0 Å². The molecule has 8 aromatic carbocycles. The predicted molar refractivity (Wildman–Crippen MR) is 213 cm³/mol. The molecule has 11 aromatic rings. The SMILES string of the molecule is c1ccc(-c2nc(-c3cccc(-n4c5cc6ccccc6cc5c5c6ccccc6ccc54)c3)nc(-c3ccc4oc5ccccc5c4c3)n2)cc1. The molecule has 52 heavy (non-hydrogen) atoms. The first kappa shape index (κ1) is 28.7. The summed E-state index contributed by atoms with van der Waals surface area (Å²) in [5.41, 5.74) is 7.78. The molecule has 0 aliphatic carbocycles. The molecule has 5 nitrogen and oxygen atoms in total. The Morgan fingerprint density at radius 2 is 1.00 bits per heavy atom. The molecule has 0 saturated heterocycles. The van der Waals surface area contributed by atoms with Gasteiger partial charge in [-0.25, -0.2) is 15.0 Å². The Labute approximate surface area is 298 Å². The quantitative estimate of drug-likeness (QED) is 0.188. The summed E-state index contributed by atoms with van der Waals surface area (Å²) in [5.74, 6) is 1.84. The minimum Gasteiger partial charge on any atom is -0.456 e. The third-order valence-electron chi connectivity index (χ3n) is 10.2. The van der Waals surface area contributed by atoms with Crippen LogP contribution in [0.15, 0.2) is 174 Å². The third-order valence-corrected chi connectivity index (χ3v) is 10.2. The Hall–Kier alpha value is -7.11. The van der Waals surface area contributed by atoms with Crippen molar-refractivity contribution in [1.82, 2.24) is 19.5 Å². The molecule has 3 heterocycles. The highest BCUT2D eigenvalue weighted by atomic mass is 16.3. The average Bonchev–Trinajstić information content (AvgIpc) is 3.75. The second kappa shape index (κ2) is 11.2. The van der Waals surface area contributed by atoms with Gasteiger partial charge in [-0.1, -0.05) is 115 Å². The van der Waals surface area contributed by atoms with Crippen LogP contribution in [0.25, 0.3) is 105 Å². The lowest BCUT2D eigenvalue weighted by Crippen LogP contribution is -2.01. The molecule has 0 fully saturated rings. The lowest BCUT2D eigenvalue weighted by Gasteiger charge is -2.12. The number of hydrogen-bond acceptors (Lipinski definition) is 4. The normalized spacial score (nSPS) is 11.8. The molecule has 3 aromatic heterocycles. The van der Waals surface area contributed by atoms with Crippen LogP contribution < -0.4 is 0 Å². The molecule has 0 radical (unpaired) electrons. The number of benzene rings is 8. The number of para-hydroxylation sites is 1. The first-order valence-electron chi connectivity index (χ1n) is 17.4. The molecule has 0 N–H and O–H groups in total. The van der Waals surface area contributed by atoms with Crippen LogP contribution in [-0.4, -0.2) is 19.5 Å². The number of nitrogens with zero attached hydrogens (tertiary/aromatic N) is 4. The van der Waals surface area contributed by atoms with Crippen molar-refractivity contribution in [3.8, 4) is 39.9 Å². The first-order valence-corrected chi connectivity index (χ1v) is 17.4. The van der Waals surface area contributed by atoms with E-state index in [1.54, 1.807) is 0 Å². The van der Waals surface area contributed by atoms with Crippen molar-refractivity contribution in [3.05, 3.63) is 170 Å². The molecule has 0 spiro atoms. The van der Waals surface area contributed by atoms with Gasteiger partial charge in [0.15, 0.2) is 17.5 Å². The van der Waals surface area contributed by atoms with Crippen LogP contribution in [0.1, 0.15) is 0 Å². The van der Waals surface area contributed by atoms with E-state index in [2.05, 4.69) is 114 Å². The van der Waals surface area contributed by atoms with Crippen LogP contribution in [0.5, 0.6) is 0 Å². The van der Waals surface area contributed by atoms with Gasteiger partial charge in [0.1, 0.15) is 11.2 Å². The summed E-state index contributed by atoms with van der Waals surface area (Å²) >= 11 is 0. The summed E-state index contributed by atoms with van der Waals surface area (Å²) in [4.78, 5) is 15.2. The van der Waals surface area contributed by atoms with Crippen LogP contribution in [0.2, 0.25) is 0 Å². The molecule has 0 unspecified atom stereocenters. The van der Waals surface area contributed by atoms with E-state index >= 15 is 0 Å². The number of fused-ring (bicyclic) bond motifs is 9. The van der Waals surface area contributed by atoms with Gasteiger partial charge in [-0.3, -0.25) is 0 Å². The molecular formula is C47H28N4O. The van der Waals surface area contributed by atoms with Gasteiger partial charge in [0.05, 0.1) is 11.0 Å². The Bertz CT molecular complexity index is 3190. The number of hydrogen-bond donors (Lipinski definition) is 0. The highest BCUT2D eigenvalue weighted by Crippen LogP contribution is 2.39. The van der Waals surface area contributed by atoms with Gasteiger partial charge in [0.25, 0.3) is 0 Å². The monoisotopic (exact) mass is 664 g/mol. The number of aromatic nitrogens is 4. The van der Waals surface area contributed by atoms with Crippen LogP contribution in [0.3, 0.4) is 0 Å². The van der Waals surface area contributed by atoms with Crippen molar-refractivity contribution in [2.75, 3.05) is 0 Å². The van der Waals surface area contributed by atoms with E-state index in [0.717, 1.165) is 55.3 Å². The van der Waals surface area contributed by atoms with Gasteiger partial charge in [-0.2, -0.15) is 0 Å². The maximum Gasteiger partial charge on any atom is 0.164 e. The van der Waals surface area contributed by atoms with Crippen molar-refractivity contribution < 1.29 is 4.42 Å². The van der Waals surface area contributed by atoms with E-state index in [1.807, 2.05) is 60.7 Å². The summed E-state index contributed by atoms with van der Waals surface area (Å²) in [5, 5.41) is 9.48. The molecule has 0 amide bonds. The fraction of sp³-hybridized carbons (Fsp3) is 0. The molecule has 0 aliphatic rings. The van der Waals surface area contributed by atoms with Crippen molar-refractivity contribution in [1.29, 1.82) is 0 Å². The minimum absolute atomic E-state index is 0.608. The summed E-state index contributed by atoms with van der Waals surface area (Å²) in [6.07, 6.45) is 0. The zero-order valence-corrected chi connectivity index (χ0v) is 27.9. The van der Waals surface area contributed by atoms with Gasteiger partial charge in [-0.05, 0) is 76.1 Å². The largest absolute Gasteiger partial charge is 0.456 e. The Morgan fingerprint density at radius 1 is 0.365 bits per heavy atom. The summed E-state index contributed by atoms with van der Waals surface area (Å²) in [7, 11) is 0. The summed E-state index contributed by atoms with van der Waals surface area (Å²) in [6.45, 7) is 0. The predicted octanol–water partition coefficient (Wildman–Crippen LogP) is 12.2. The third kappa shape index (κ3) is 4.46. The van der Waals surface area contributed by atoms with Crippen LogP contribution in [-0.2, 0) is 0 Å². The maximum atomic E-state index is 6.13. The van der Waals surface area contributed by atoms with Gasteiger partial charge in [-0.15, -0.1) is 0 Å². The molecule has 0 aliphatic heterocycles. The summed E-state index contributed by atoms with van der Waals surface area (Å²) < 4.78 is 8.51. The summed E-state index contributed by atoms with van der Waals surface area (Å²) in [6, 6.07) is 59.3. The van der Waals surface area contributed by atoms with E-state index in [-0.39, 0.29) is 0 Å². The van der Waals surface area contributed by atoms with E-state index < -0.39 is 0 Å². The fourth-order valence-corrected chi connectivity index (χ4v) is 7.75. The molecule has 11 rings (SSSR count). The van der Waals surface area contributed by atoms with E-state index in [0.29, 0.717) is 17.5 Å². The Balaban J connectivity index is 1.14. The minimum atomic E-state index is 0.608. The highest BCUT2D eigenvalue weighted by molar-refractivity contribution is 6.23. The number of rotatable bonds is 4. The lowest BCUT2D eigenvalue weighted by molar-refractivity contribution is 0.669. The fourth-order valence-electron chi connectivity index (χ4n) is 7.75. The maximum absolute atomic E-state index is 6.13. The van der Waals surface area contributed by atoms with Gasteiger partial charge >= 0.3 is 0 Å². The first-order chi connectivity index (χ1) is 25.7. The number of furan rings is 1. The molecule has 0 atom stereocenters. The zero-order valence-electron chi connectivity index (χ0n) is 27.9. The van der Waals surface area contributed by atoms with Crippen LogP contribution in [0, 0.1) is 0 Å². The van der Waals surface area contributed by atoms with Gasteiger partial charge < -0.3 is 8.98 Å². The zero-order chi connectivity index (χ0) is 34.2. The molecular weight excluding hydrogens is 637 g/mol. The average molecular weight is 665 g/mol. The molecule has 0 saturated carbocycles. The second-order valence-corrected chi connectivity index (χ2v) is 13.3. The highest BCUT2D eigenvalue weighted by Gasteiger charge is 2.18. The van der Waals surface area contributed by atoms with Gasteiger partial charge in [0, 0.05) is 43.9 Å². The Kier molecular flexibility index (Phi) is 6.18.